The van der Waals surface area contributed by atoms with Crippen LogP contribution in [-0.4, -0.2) is 48.1 Å². The van der Waals surface area contributed by atoms with Gasteiger partial charge in [-0.25, -0.2) is 0 Å². The molecular weight excluding hydrogens is 278 g/mol. The highest BCUT2D eigenvalue weighted by Crippen LogP contribution is 2.09. The second-order valence-electron chi connectivity index (χ2n) is 5.81. The maximum absolute atomic E-state index is 12.7. The normalized spacial score (nSPS) is 21.2. The minimum Gasteiger partial charge on any atom is -0.378 e. The molecule has 1 atom stereocenters. The summed E-state index contributed by atoms with van der Waals surface area (Å²) in [7, 11) is 0. The molecule has 114 valence electrons. The van der Waals surface area contributed by atoms with E-state index in [-0.39, 0.29) is 11.9 Å². The lowest BCUT2D eigenvalue weighted by Gasteiger charge is -2.30. The predicted molar refractivity (Wildman–Crippen MR) is 85.4 cm³/mol. The molecule has 0 aliphatic carbocycles. The quantitative estimate of drug-likeness (QED) is 0.773. The number of amides is 1. The number of hydrogen-bond donors (Lipinski definition) is 2. The highest BCUT2D eigenvalue weighted by atomic mass is 16.5. The molecule has 1 unspecified atom stereocenters. The highest BCUT2D eigenvalue weighted by molar-refractivity contribution is 5.92. The third-order valence-electron chi connectivity index (χ3n) is 4.42. The monoisotopic (exact) mass is 297 g/mol. The first kappa shape index (κ1) is 13.4. The SMILES string of the molecule is CC1=c2[nH]c3ccccc3c2=CC(C(=O)N2CCOCC2)N1. The smallest absolute Gasteiger partial charge is 0.249 e. The van der Waals surface area contributed by atoms with Crippen LogP contribution in [0, 0.1) is 0 Å². The molecule has 0 bridgehead atoms. The van der Waals surface area contributed by atoms with Gasteiger partial charge in [0.15, 0.2) is 0 Å². The van der Waals surface area contributed by atoms with E-state index in [4.69, 9.17) is 4.74 Å². The van der Waals surface area contributed by atoms with Gasteiger partial charge < -0.3 is 19.9 Å². The van der Waals surface area contributed by atoms with E-state index in [9.17, 15) is 4.79 Å². The molecule has 2 N–H and O–H groups in total. The summed E-state index contributed by atoms with van der Waals surface area (Å²) < 4.78 is 5.33. The Kier molecular flexibility index (Phi) is 3.15. The number of hydrogen-bond acceptors (Lipinski definition) is 3. The number of aromatic nitrogens is 1. The van der Waals surface area contributed by atoms with Crippen LogP contribution in [0.2, 0.25) is 0 Å². The van der Waals surface area contributed by atoms with Crippen molar-refractivity contribution in [3.63, 3.8) is 0 Å². The summed E-state index contributed by atoms with van der Waals surface area (Å²) in [6.45, 7) is 4.61. The van der Waals surface area contributed by atoms with E-state index in [0.717, 1.165) is 27.2 Å². The van der Waals surface area contributed by atoms with E-state index < -0.39 is 0 Å². The Morgan fingerprint density at radius 2 is 2.05 bits per heavy atom. The number of aromatic amines is 1. The summed E-state index contributed by atoms with van der Waals surface area (Å²) in [5, 5.41) is 6.69. The number of benzene rings is 1. The summed E-state index contributed by atoms with van der Waals surface area (Å²) in [4.78, 5) is 18.0. The van der Waals surface area contributed by atoms with Gasteiger partial charge in [-0.1, -0.05) is 18.2 Å². The van der Waals surface area contributed by atoms with E-state index >= 15 is 0 Å². The molecule has 5 heteroatoms. The minimum atomic E-state index is -0.301. The molecule has 2 aliphatic rings. The Morgan fingerprint density at radius 3 is 2.86 bits per heavy atom. The van der Waals surface area contributed by atoms with Crippen molar-refractivity contribution < 1.29 is 9.53 Å². The van der Waals surface area contributed by atoms with Gasteiger partial charge in [0.25, 0.3) is 0 Å². The van der Waals surface area contributed by atoms with Gasteiger partial charge in [0.05, 0.1) is 18.6 Å². The van der Waals surface area contributed by atoms with Crippen molar-refractivity contribution in [2.45, 2.75) is 13.0 Å². The molecule has 0 spiro atoms. The second kappa shape index (κ2) is 5.18. The standard InChI is InChI=1S/C17H19N3O2/c1-11-16-13(12-4-2-3-5-14(12)19-16)10-15(18-11)17(21)20-6-8-22-9-7-20/h2-5,10,15,18-19H,6-9H2,1H3. The van der Waals surface area contributed by atoms with E-state index in [0.29, 0.717) is 26.3 Å². The van der Waals surface area contributed by atoms with Crippen molar-refractivity contribution >= 4 is 28.6 Å². The van der Waals surface area contributed by atoms with Gasteiger partial charge >= 0.3 is 0 Å². The average molecular weight is 297 g/mol. The lowest BCUT2D eigenvalue weighted by Crippen LogP contribution is -2.52. The molecular formula is C17H19N3O2. The zero-order valence-electron chi connectivity index (χ0n) is 12.6. The fraction of sp³-hybridized carbons (Fsp3) is 0.353. The largest absolute Gasteiger partial charge is 0.378 e. The van der Waals surface area contributed by atoms with Gasteiger partial charge in [0.1, 0.15) is 6.04 Å². The Morgan fingerprint density at radius 1 is 1.27 bits per heavy atom. The molecule has 22 heavy (non-hydrogen) atoms. The molecule has 1 fully saturated rings. The average Bonchev–Trinajstić information content (AvgIpc) is 2.94. The van der Waals surface area contributed by atoms with Crippen molar-refractivity contribution in [3.05, 3.63) is 34.8 Å². The van der Waals surface area contributed by atoms with E-state index in [1.54, 1.807) is 0 Å². The van der Waals surface area contributed by atoms with Crippen molar-refractivity contribution in [3.8, 4) is 0 Å². The summed E-state index contributed by atoms with van der Waals surface area (Å²) >= 11 is 0. The Hall–Kier alpha value is -2.27. The predicted octanol–water partition coefficient (Wildman–Crippen LogP) is -0.0929. The van der Waals surface area contributed by atoms with Crippen LogP contribution in [0.15, 0.2) is 24.3 Å². The third kappa shape index (κ3) is 2.09. The number of rotatable bonds is 1. The second-order valence-corrected chi connectivity index (χ2v) is 5.81. The Bertz CT molecular complexity index is 846. The first-order valence-electron chi connectivity index (χ1n) is 7.66. The molecule has 4 rings (SSSR count). The highest BCUT2D eigenvalue weighted by Gasteiger charge is 2.26. The maximum atomic E-state index is 12.7. The van der Waals surface area contributed by atoms with E-state index in [1.807, 2.05) is 30.0 Å². The van der Waals surface area contributed by atoms with Gasteiger partial charge in [-0.05, 0) is 19.1 Å². The van der Waals surface area contributed by atoms with Gasteiger partial charge in [-0.15, -0.1) is 0 Å². The number of morpholine rings is 1. The maximum Gasteiger partial charge on any atom is 0.249 e. The number of nitrogens with zero attached hydrogens (tertiary/aromatic N) is 1. The van der Waals surface area contributed by atoms with Gasteiger partial charge in [-0.3, -0.25) is 4.79 Å². The fourth-order valence-electron chi connectivity index (χ4n) is 3.26. The number of H-pyrrole nitrogens is 1. The summed E-state index contributed by atoms with van der Waals surface area (Å²) in [5.41, 5.74) is 2.12. The van der Waals surface area contributed by atoms with Crippen LogP contribution in [0.3, 0.4) is 0 Å². The Labute approximate surface area is 128 Å². The third-order valence-corrected chi connectivity index (χ3v) is 4.42. The van der Waals surface area contributed by atoms with E-state index in [2.05, 4.69) is 22.4 Å². The van der Waals surface area contributed by atoms with Crippen molar-refractivity contribution in [1.82, 2.24) is 15.2 Å². The molecule has 1 saturated heterocycles. The van der Waals surface area contributed by atoms with Crippen LogP contribution >= 0.6 is 0 Å². The molecule has 1 amide bonds. The molecule has 2 aliphatic heterocycles. The number of carbonyl (C=O) groups excluding carboxylic acids is 1. The van der Waals surface area contributed by atoms with Crippen LogP contribution in [0.1, 0.15) is 6.92 Å². The molecule has 2 aromatic rings. The molecule has 3 heterocycles. The number of carbonyl (C=O) groups is 1. The lowest BCUT2D eigenvalue weighted by molar-refractivity contribution is -0.135. The van der Waals surface area contributed by atoms with Gasteiger partial charge in [-0.2, -0.15) is 0 Å². The van der Waals surface area contributed by atoms with Crippen molar-refractivity contribution in [2.75, 3.05) is 26.3 Å². The summed E-state index contributed by atoms with van der Waals surface area (Å²) in [6, 6.07) is 7.90. The molecule has 0 radical (unpaired) electrons. The van der Waals surface area contributed by atoms with Crippen LogP contribution < -0.4 is 15.9 Å². The van der Waals surface area contributed by atoms with E-state index in [1.165, 1.54) is 0 Å². The van der Waals surface area contributed by atoms with Crippen LogP contribution in [0.4, 0.5) is 0 Å². The summed E-state index contributed by atoms with van der Waals surface area (Å²) in [6.07, 6.45) is 2.04. The first-order valence-corrected chi connectivity index (χ1v) is 7.66. The summed E-state index contributed by atoms with van der Waals surface area (Å²) in [5.74, 6) is 0.124. The molecule has 1 aromatic heterocycles. The molecule has 1 aromatic carbocycles. The number of ether oxygens (including phenoxy) is 1. The first-order chi connectivity index (χ1) is 10.7. The fourth-order valence-corrected chi connectivity index (χ4v) is 3.26. The van der Waals surface area contributed by atoms with Crippen molar-refractivity contribution in [1.29, 1.82) is 0 Å². The lowest BCUT2D eigenvalue weighted by atomic mass is 10.1. The van der Waals surface area contributed by atoms with Crippen LogP contribution in [0.25, 0.3) is 22.7 Å². The number of fused-ring (bicyclic) bond motifs is 3. The topological polar surface area (TPSA) is 57.4 Å². The van der Waals surface area contributed by atoms with Crippen LogP contribution in [-0.2, 0) is 9.53 Å². The molecule has 0 saturated carbocycles. The number of para-hydroxylation sites is 1. The van der Waals surface area contributed by atoms with Crippen LogP contribution in [0.5, 0.6) is 0 Å². The zero-order valence-corrected chi connectivity index (χ0v) is 12.6. The minimum absolute atomic E-state index is 0.124. The van der Waals surface area contributed by atoms with Crippen molar-refractivity contribution in [2.24, 2.45) is 0 Å². The number of nitrogens with one attached hydrogen (secondary N) is 2. The zero-order chi connectivity index (χ0) is 15.1. The van der Waals surface area contributed by atoms with Gasteiger partial charge in [0, 0.05) is 34.9 Å². The van der Waals surface area contributed by atoms with Gasteiger partial charge in [0.2, 0.25) is 5.91 Å². The Balaban J connectivity index is 1.78. The molecule has 5 nitrogen and oxygen atoms in total.